The fourth-order valence-corrected chi connectivity index (χ4v) is 1.52. The minimum Gasteiger partial charge on any atom is -0.356 e. The first kappa shape index (κ1) is 14.2. The normalized spacial score (nSPS) is 10.4. The van der Waals surface area contributed by atoms with Gasteiger partial charge in [-0.25, -0.2) is 4.98 Å². The molecule has 0 atom stereocenters. The number of hydrogen-bond acceptors (Lipinski definition) is 4. The van der Waals surface area contributed by atoms with Crippen molar-refractivity contribution in [3.05, 3.63) is 22.7 Å². The highest BCUT2D eigenvalue weighted by Gasteiger charge is 2.07. The van der Waals surface area contributed by atoms with Crippen LogP contribution in [0.15, 0.2) is 17.2 Å². The number of nitrogens with zero attached hydrogens (tertiary/aromatic N) is 2. The van der Waals surface area contributed by atoms with E-state index in [1.54, 1.807) is 17.0 Å². The first-order chi connectivity index (χ1) is 8.54. The molecule has 6 heteroatoms. The van der Waals surface area contributed by atoms with E-state index in [0.29, 0.717) is 6.54 Å². The summed E-state index contributed by atoms with van der Waals surface area (Å²) in [4.78, 5) is 27.3. The van der Waals surface area contributed by atoms with Gasteiger partial charge in [0.05, 0.1) is 6.54 Å². The van der Waals surface area contributed by atoms with Gasteiger partial charge in [-0.05, 0) is 20.3 Å². The molecule has 0 fully saturated rings. The fraction of sp³-hybridized carbons (Fsp3) is 0.583. The van der Waals surface area contributed by atoms with Gasteiger partial charge in [-0.1, -0.05) is 6.92 Å². The van der Waals surface area contributed by atoms with Crippen molar-refractivity contribution in [3.8, 4) is 0 Å². The highest BCUT2D eigenvalue weighted by Crippen LogP contribution is 1.93. The molecule has 0 saturated heterocycles. The number of hydrogen-bond donors (Lipinski definition) is 2. The lowest BCUT2D eigenvalue weighted by molar-refractivity contribution is -0.119. The number of carbonyl (C=O) groups excluding carboxylic acids is 1. The largest absolute Gasteiger partial charge is 0.356 e. The maximum absolute atomic E-state index is 11.9. The lowest BCUT2D eigenvalue weighted by Gasteiger charge is -2.10. The maximum atomic E-state index is 11.9. The number of amides is 1. The summed E-state index contributed by atoms with van der Waals surface area (Å²) >= 11 is 0. The van der Waals surface area contributed by atoms with Crippen LogP contribution in [0.3, 0.4) is 0 Å². The van der Waals surface area contributed by atoms with E-state index in [0.717, 1.165) is 6.42 Å². The Bertz CT molecular complexity index is 454. The third kappa shape index (κ3) is 4.20. The third-order valence-electron chi connectivity index (χ3n) is 2.24. The van der Waals surface area contributed by atoms with E-state index in [4.69, 9.17) is 0 Å². The Kier molecular flexibility index (Phi) is 5.35. The lowest BCUT2D eigenvalue weighted by atomic mass is 10.4. The Morgan fingerprint density at radius 2 is 2.22 bits per heavy atom. The molecule has 0 spiro atoms. The molecule has 1 amide bonds. The summed E-state index contributed by atoms with van der Waals surface area (Å²) < 4.78 is 1.58. The Labute approximate surface area is 106 Å². The predicted octanol–water partition coefficient (Wildman–Crippen LogP) is 0.590. The van der Waals surface area contributed by atoms with Gasteiger partial charge in [0.25, 0.3) is 5.56 Å². The van der Waals surface area contributed by atoms with E-state index in [2.05, 4.69) is 15.6 Å². The average Bonchev–Trinajstić information content (AvgIpc) is 2.29. The number of nitrogens with one attached hydrogen (secondary N) is 2. The highest BCUT2D eigenvalue weighted by atomic mass is 16.2. The third-order valence-corrected chi connectivity index (χ3v) is 2.24. The van der Waals surface area contributed by atoms with Gasteiger partial charge in [0.2, 0.25) is 5.91 Å². The molecule has 1 heterocycles. The van der Waals surface area contributed by atoms with Crippen molar-refractivity contribution in [1.29, 1.82) is 0 Å². The topological polar surface area (TPSA) is 76.0 Å². The molecule has 2 N–H and O–H groups in total. The standard InChI is InChI=1S/C12H20N4O2/c1-4-6-16-7-5-13-11(12(16)18)14-8-10(17)15-9(2)3/h5,7,9H,4,6,8H2,1-3H3,(H,13,14)(H,15,17). The zero-order chi connectivity index (χ0) is 13.5. The molecule has 0 unspecified atom stereocenters. The van der Waals surface area contributed by atoms with E-state index in [1.807, 2.05) is 20.8 Å². The number of rotatable bonds is 6. The van der Waals surface area contributed by atoms with Gasteiger partial charge in [-0.3, -0.25) is 9.59 Å². The molecule has 0 aliphatic heterocycles. The molecule has 18 heavy (non-hydrogen) atoms. The van der Waals surface area contributed by atoms with Crippen molar-refractivity contribution >= 4 is 11.7 Å². The molecule has 0 radical (unpaired) electrons. The van der Waals surface area contributed by atoms with Gasteiger partial charge in [-0.2, -0.15) is 0 Å². The lowest BCUT2D eigenvalue weighted by Crippen LogP contribution is -2.36. The van der Waals surface area contributed by atoms with Crippen molar-refractivity contribution in [2.75, 3.05) is 11.9 Å². The molecule has 1 aromatic rings. The van der Waals surface area contributed by atoms with Crippen LogP contribution in [0.4, 0.5) is 5.82 Å². The molecule has 0 saturated carbocycles. The van der Waals surface area contributed by atoms with Crippen LogP contribution < -0.4 is 16.2 Å². The van der Waals surface area contributed by atoms with Crippen LogP contribution in [0.2, 0.25) is 0 Å². The van der Waals surface area contributed by atoms with E-state index in [9.17, 15) is 9.59 Å². The van der Waals surface area contributed by atoms with Gasteiger partial charge in [0.1, 0.15) is 0 Å². The van der Waals surface area contributed by atoms with Crippen LogP contribution in [-0.2, 0) is 11.3 Å². The summed E-state index contributed by atoms with van der Waals surface area (Å²) in [6.07, 6.45) is 4.07. The Morgan fingerprint density at radius 1 is 1.50 bits per heavy atom. The molecule has 0 aliphatic rings. The molecular weight excluding hydrogens is 232 g/mol. The number of anilines is 1. The van der Waals surface area contributed by atoms with Crippen LogP contribution >= 0.6 is 0 Å². The number of aromatic nitrogens is 2. The highest BCUT2D eigenvalue weighted by molar-refractivity contribution is 5.80. The molecule has 0 aliphatic carbocycles. The predicted molar refractivity (Wildman–Crippen MR) is 70.6 cm³/mol. The molecule has 1 aromatic heterocycles. The van der Waals surface area contributed by atoms with E-state index >= 15 is 0 Å². The first-order valence-corrected chi connectivity index (χ1v) is 6.13. The van der Waals surface area contributed by atoms with Crippen molar-refractivity contribution in [1.82, 2.24) is 14.9 Å². The van der Waals surface area contributed by atoms with E-state index in [1.165, 1.54) is 0 Å². The van der Waals surface area contributed by atoms with Crippen molar-refractivity contribution in [3.63, 3.8) is 0 Å². The maximum Gasteiger partial charge on any atom is 0.293 e. The van der Waals surface area contributed by atoms with Crippen molar-refractivity contribution in [2.45, 2.75) is 39.8 Å². The van der Waals surface area contributed by atoms with Crippen LogP contribution in [0.5, 0.6) is 0 Å². The second-order valence-corrected chi connectivity index (χ2v) is 4.35. The quantitative estimate of drug-likeness (QED) is 0.777. The minimum atomic E-state index is -0.198. The SMILES string of the molecule is CCCn1ccnc(NCC(=O)NC(C)C)c1=O. The smallest absolute Gasteiger partial charge is 0.293 e. The molecule has 0 bridgehead atoms. The van der Waals surface area contributed by atoms with Crippen LogP contribution in [0, 0.1) is 0 Å². The summed E-state index contributed by atoms with van der Waals surface area (Å²) in [6, 6.07) is 0.0831. The van der Waals surface area contributed by atoms with Gasteiger partial charge in [0.15, 0.2) is 5.82 Å². The number of carbonyl (C=O) groups is 1. The molecule has 100 valence electrons. The summed E-state index contributed by atoms with van der Waals surface area (Å²) in [7, 11) is 0. The van der Waals surface area contributed by atoms with Gasteiger partial charge in [-0.15, -0.1) is 0 Å². The number of aryl methyl sites for hydroxylation is 1. The van der Waals surface area contributed by atoms with E-state index < -0.39 is 0 Å². The Morgan fingerprint density at radius 3 is 2.83 bits per heavy atom. The van der Waals surface area contributed by atoms with Crippen molar-refractivity contribution in [2.24, 2.45) is 0 Å². The van der Waals surface area contributed by atoms with Gasteiger partial charge < -0.3 is 15.2 Å². The van der Waals surface area contributed by atoms with Crippen molar-refractivity contribution < 1.29 is 4.79 Å². The minimum absolute atomic E-state index is 0.0521. The summed E-state index contributed by atoms with van der Waals surface area (Å²) in [5, 5.41) is 5.49. The van der Waals surface area contributed by atoms with Gasteiger partial charge >= 0.3 is 0 Å². The molecular formula is C12H20N4O2. The first-order valence-electron chi connectivity index (χ1n) is 6.13. The summed E-state index contributed by atoms with van der Waals surface area (Å²) in [5.41, 5.74) is -0.198. The summed E-state index contributed by atoms with van der Waals surface area (Å²) in [5.74, 6) is 0.0574. The zero-order valence-corrected chi connectivity index (χ0v) is 11.1. The fourth-order valence-electron chi connectivity index (χ4n) is 1.52. The Hall–Kier alpha value is -1.85. The Balaban J connectivity index is 2.65. The second kappa shape index (κ2) is 6.78. The molecule has 6 nitrogen and oxygen atoms in total. The summed E-state index contributed by atoms with van der Waals surface area (Å²) in [6.45, 7) is 6.46. The van der Waals surface area contributed by atoms with Crippen LogP contribution in [-0.4, -0.2) is 28.0 Å². The van der Waals surface area contributed by atoms with Crippen LogP contribution in [0.1, 0.15) is 27.2 Å². The second-order valence-electron chi connectivity index (χ2n) is 4.35. The average molecular weight is 252 g/mol. The van der Waals surface area contributed by atoms with Crippen LogP contribution in [0.25, 0.3) is 0 Å². The van der Waals surface area contributed by atoms with Gasteiger partial charge in [0, 0.05) is 25.0 Å². The molecule has 0 aromatic carbocycles. The monoisotopic (exact) mass is 252 g/mol. The molecule has 1 rings (SSSR count). The zero-order valence-electron chi connectivity index (χ0n) is 11.1. The van der Waals surface area contributed by atoms with E-state index in [-0.39, 0.29) is 29.9 Å².